The number of halogens is 1. The van der Waals surface area contributed by atoms with E-state index in [2.05, 4.69) is 38.8 Å². The van der Waals surface area contributed by atoms with Crippen molar-refractivity contribution in [2.75, 3.05) is 26.2 Å². The molecule has 2 aliphatic rings. The van der Waals surface area contributed by atoms with Crippen LogP contribution < -0.4 is 5.32 Å². The van der Waals surface area contributed by atoms with Gasteiger partial charge in [0.25, 0.3) is 0 Å². The standard InChI is InChI=1S/C27H33ClN6OS/c1-17-18(2)36-27-24(17)25(20-9-11-21(28)12-10-20)30-22(26-32-31-19(3)34(26)27)16-29-23(35)8-7-15-33-13-5-4-6-14-33/h9-12,22H,4-8,13-16H2,1-3H3,(H,29,35)/t22-/m0/s1. The zero-order chi connectivity index (χ0) is 25.2. The maximum Gasteiger partial charge on any atom is 0.220 e. The molecule has 1 saturated heterocycles. The Morgan fingerprint density at radius 2 is 1.86 bits per heavy atom. The molecule has 1 fully saturated rings. The molecule has 0 radical (unpaired) electrons. The summed E-state index contributed by atoms with van der Waals surface area (Å²) in [6.45, 7) is 9.92. The van der Waals surface area contributed by atoms with E-state index in [0.717, 1.165) is 59.5 Å². The molecule has 9 heteroatoms. The zero-order valence-corrected chi connectivity index (χ0v) is 22.8. The summed E-state index contributed by atoms with van der Waals surface area (Å²) in [6, 6.07) is 7.45. The monoisotopic (exact) mass is 524 g/mol. The largest absolute Gasteiger partial charge is 0.353 e. The first-order valence-corrected chi connectivity index (χ1v) is 14.0. The molecular formula is C27H33ClN6OS. The van der Waals surface area contributed by atoms with Gasteiger partial charge in [-0.1, -0.05) is 30.2 Å². The zero-order valence-electron chi connectivity index (χ0n) is 21.2. The van der Waals surface area contributed by atoms with Crippen LogP contribution in [0.5, 0.6) is 0 Å². The lowest BCUT2D eigenvalue weighted by molar-refractivity contribution is -0.121. The highest BCUT2D eigenvalue weighted by Gasteiger charge is 2.31. The van der Waals surface area contributed by atoms with Gasteiger partial charge in [-0.3, -0.25) is 14.4 Å². The SMILES string of the molecule is Cc1sc2c(c1C)C(c1ccc(Cl)cc1)=N[C@@H](CNC(=O)CCCN1CCCCC1)c1nnc(C)n1-2. The van der Waals surface area contributed by atoms with Crippen molar-refractivity contribution in [3.05, 3.63) is 62.5 Å². The topological polar surface area (TPSA) is 75.4 Å². The molecule has 0 saturated carbocycles. The van der Waals surface area contributed by atoms with Crippen LogP contribution in [0.3, 0.4) is 0 Å². The lowest BCUT2D eigenvalue weighted by atomic mass is 10.00. The Morgan fingerprint density at radius 1 is 1.11 bits per heavy atom. The number of thiophene rings is 1. The Morgan fingerprint density at radius 3 is 2.61 bits per heavy atom. The van der Waals surface area contributed by atoms with Crippen LogP contribution >= 0.6 is 22.9 Å². The number of aryl methyl sites for hydroxylation is 2. The van der Waals surface area contributed by atoms with Crippen molar-refractivity contribution in [1.29, 1.82) is 0 Å². The predicted octanol–water partition coefficient (Wildman–Crippen LogP) is 5.18. The Labute approximate surface area is 221 Å². The molecule has 1 aromatic carbocycles. The maximum atomic E-state index is 12.8. The van der Waals surface area contributed by atoms with E-state index in [4.69, 9.17) is 16.6 Å². The van der Waals surface area contributed by atoms with E-state index in [1.165, 1.54) is 29.7 Å². The van der Waals surface area contributed by atoms with E-state index in [9.17, 15) is 4.79 Å². The van der Waals surface area contributed by atoms with Gasteiger partial charge < -0.3 is 10.2 Å². The van der Waals surface area contributed by atoms with Gasteiger partial charge in [0.05, 0.1) is 5.71 Å². The fraction of sp³-hybridized carbons (Fsp3) is 0.481. The number of nitrogens with one attached hydrogen (secondary N) is 1. The van der Waals surface area contributed by atoms with Crippen molar-refractivity contribution in [1.82, 2.24) is 25.0 Å². The van der Waals surface area contributed by atoms with Gasteiger partial charge in [0.1, 0.15) is 16.9 Å². The molecule has 1 amide bonds. The smallest absolute Gasteiger partial charge is 0.220 e. The number of carbonyl (C=O) groups excluding carboxylic acids is 1. The first kappa shape index (κ1) is 25.1. The normalized spacial score (nSPS) is 17.8. The number of fused-ring (bicyclic) bond motifs is 3. The van der Waals surface area contributed by atoms with Crippen LogP contribution in [0.4, 0.5) is 0 Å². The Bertz CT molecular complexity index is 1270. The Balaban J connectivity index is 1.40. The minimum Gasteiger partial charge on any atom is -0.353 e. The molecular weight excluding hydrogens is 492 g/mol. The molecule has 7 nitrogen and oxygen atoms in total. The lowest BCUT2D eigenvalue weighted by Gasteiger charge is -2.26. The van der Waals surface area contributed by atoms with E-state index < -0.39 is 0 Å². The third-order valence-corrected chi connectivity index (χ3v) is 8.62. The quantitative estimate of drug-likeness (QED) is 0.462. The van der Waals surface area contributed by atoms with Gasteiger partial charge in [-0.05, 0) is 77.4 Å². The number of benzene rings is 1. The van der Waals surface area contributed by atoms with Crippen molar-refractivity contribution < 1.29 is 4.79 Å². The highest BCUT2D eigenvalue weighted by Crippen LogP contribution is 2.38. The van der Waals surface area contributed by atoms with Crippen molar-refractivity contribution >= 4 is 34.6 Å². The third-order valence-electron chi connectivity index (χ3n) is 7.18. The average molecular weight is 525 g/mol. The number of piperidine rings is 1. The molecule has 3 aromatic rings. The van der Waals surface area contributed by atoms with E-state index in [-0.39, 0.29) is 11.9 Å². The fourth-order valence-corrected chi connectivity index (χ4v) is 6.42. The van der Waals surface area contributed by atoms with Gasteiger partial charge >= 0.3 is 0 Å². The minimum atomic E-state index is -0.345. The second-order valence-corrected chi connectivity index (χ2v) is 11.4. The van der Waals surface area contributed by atoms with Gasteiger partial charge in [0, 0.05) is 34.0 Å². The summed E-state index contributed by atoms with van der Waals surface area (Å²) in [7, 11) is 0. The maximum absolute atomic E-state index is 12.8. The van der Waals surface area contributed by atoms with Crippen LogP contribution in [0.25, 0.3) is 5.00 Å². The van der Waals surface area contributed by atoms with Gasteiger partial charge in [0.15, 0.2) is 5.82 Å². The molecule has 1 atom stereocenters. The average Bonchev–Trinajstić information content (AvgIpc) is 3.35. The summed E-state index contributed by atoms with van der Waals surface area (Å²) in [5.74, 6) is 1.63. The van der Waals surface area contributed by atoms with Crippen LogP contribution in [0.2, 0.25) is 5.02 Å². The van der Waals surface area contributed by atoms with Crippen LogP contribution in [0.15, 0.2) is 29.3 Å². The highest BCUT2D eigenvalue weighted by molar-refractivity contribution is 7.15. The summed E-state index contributed by atoms with van der Waals surface area (Å²) < 4.78 is 2.11. The molecule has 1 N–H and O–H groups in total. The van der Waals surface area contributed by atoms with Crippen molar-refractivity contribution in [2.45, 2.75) is 58.9 Å². The van der Waals surface area contributed by atoms with Crippen LogP contribution in [-0.4, -0.2) is 57.5 Å². The van der Waals surface area contributed by atoms with Gasteiger partial charge in [-0.25, -0.2) is 0 Å². The number of rotatable bonds is 7. The predicted molar refractivity (Wildman–Crippen MR) is 146 cm³/mol. The molecule has 190 valence electrons. The second kappa shape index (κ2) is 10.8. The van der Waals surface area contributed by atoms with Gasteiger partial charge in [-0.15, -0.1) is 21.5 Å². The van der Waals surface area contributed by atoms with Crippen molar-refractivity contribution in [3.63, 3.8) is 0 Å². The number of amides is 1. The summed E-state index contributed by atoms with van der Waals surface area (Å²) >= 11 is 7.92. The molecule has 5 rings (SSSR count). The first-order chi connectivity index (χ1) is 17.4. The number of aromatic nitrogens is 3. The molecule has 36 heavy (non-hydrogen) atoms. The first-order valence-electron chi connectivity index (χ1n) is 12.8. The fourth-order valence-electron chi connectivity index (χ4n) is 5.08. The summed E-state index contributed by atoms with van der Waals surface area (Å²) in [4.78, 5) is 21.7. The molecule has 2 aliphatic heterocycles. The third kappa shape index (κ3) is 5.12. The Kier molecular flexibility index (Phi) is 7.55. The van der Waals surface area contributed by atoms with E-state index in [0.29, 0.717) is 18.0 Å². The molecule has 4 heterocycles. The second-order valence-electron chi connectivity index (χ2n) is 9.71. The number of hydrogen-bond donors (Lipinski definition) is 1. The summed E-state index contributed by atoms with van der Waals surface area (Å²) in [6.07, 6.45) is 5.26. The van der Waals surface area contributed by atoms with E-state index in [1.807, 2.05) is 31.2 Å². The van der Waals surface area contributed by atoms with Crippen molar-refractivity contribution in [3.8, 4) is 5.00 Å². The molecule has 2 aromatic heterocycles. The van der Waals surface area contributed by atoms with Crippen molar-refractivity contribution in [2.24, 2.45) is 4.99 Å². The summed E-state index contributed by atoms with van der Waals surface area (Å²) in [5, 5.41) is 13.8. The number of likely N-dealkylation sites (tertiary alicyclic amines) is 1. The molecule has 0 bridgehead atoms. The van der Waals surface area contributed by atoms with Gasteiger partial charge in [0.2, 0.25) is 5.91 Å². The number of hydrogen-bond acceptors (Lipinski definition) is 6. The van der Waals surface area contributed by atoms with E-state index in [1.54, 1.807) is 11.3 Å². The Hall–Kier alpha value is -2.55. The van der Waals surface area contributed by atoms with Crippen LogP contribution in [-0.2, 0) is 4.79 Å². The lowest BCUT2D eigenvalue weighted by Crippen LogP contribution is -2.32. The van der Waals surface area contributed by atoms with Crippen LogP contribution in [0.1, 0.15) is 71.4 Å². The van der Waals surface area contributed by atoms with E-state index >= 15 is 0 Å². The van der Waals surface area contributed by atoms with Gasteiger partial charge in [-0.2, -0.15) is 0 Å². The van der Waals surface area contributed by atoms with Crippen LogP contribution in [0, 0.1) is 20.8 Å². The number of carbonyl (C=O) groups is 1. The minimum absolute atomic E-state index is 0.0593. The highest BCUT2D eigenvalue weighted by atomic mass is 35.5. The number of aliphatic imine (C=N–C) groups is 1. The summed E-state index contributed by atoms with van der Waals surface area (Å²) in [5.41, 5.74) is 4.19. The number of nitrogens with zero attached hydrogens (tertiary/aromatic N) is 5. The molecule has 0 spiro atoms. The molecule has 0 unspecified atom stereocenters. The molecule has 0 aliphatic carbocycles.